The first kappa shape index (κ1) is 18.9. The monoisotopic (exact) mass is 495 g/mol. The number of rotatable bonds is 6. The molecular weight excluding hydrogens is 477 g/mol. The standard InChI is InChI=1S/C19H18IN3O5/c1-27-13-5-9(4-12(20)17(13)28-8-14(21)24)7-22-23-18(25)15-10-2-3-11(6-10)16(15)19(23)26/h2-5,7,10-11,15-16H,6,8H2,1H3,(H2,21,24). The molecule has 3 amide bonds. The molecule has 4 atom stereocenters. The second kappa shape index (κ2) is 7.19. The number of benzene rings is 1. The minimum absolute atomic E-state index is 0.148. The molecule has 1 aromatic rings. The molecule has 2 aliphatic carbocycles. The van der Waals surface area contributed by atoms with Crippen molar-refractivity contribution < 1.29 is 23.9 Å². The number of hydrogen-bond donors (Lipinski definition) is 1. The van der Waals surface area contributed by atoms with Gasteiger partial charge in [-0.2, -0.15) is 10.1 Å². The fourth-order valence-corrected chi connectivity index (χ4v) is 5.00. The van der Waals surface area contributed by atoms with Crippen molar-refractivity contribution in [2.75, 3.05) is 13.7 Å². The highest BCUT2D eigenvalue weighted by Crippen LogP contribution is 2.52. The van der Waals surface area contributed by atoms with Gasteiger partial charge in [0.25, 0.3) is 17.7 Å². The van der Waals surface area contributed by atoms with Gasteiger partial charge < -0.3 is 15.2 Å². The van der Waals surface area contributed by atoms with Crippen LogP contribution in [0.25, 0.3) is 0 Å². The molecule has 1 saturated carbocycles. The van der Waals surface area contributed by atoms with Gasteiger partial charge >= 0.3 is 0 Å². The summed E-state index contributed by atoms with van der Waals surface area (Å²) in [5.41, 5.74) is 5.75. The number of methoxy groups -OCH3 is 1. The third-order valence-corrected chi connectivity index (χ3v) is 6.18. The number of primary amides is 1. The molecule has 2 N–H and O–H groups in total. The van der Waals surface area contributed by atoms with Crippen molar-refractivity contribution in [1.29, 1.82) is 0 Å². The number of amides is 3. The van der Waals surface area contributed by atoms with Crippen LogP contribution in [0.4, 0.5) is 0 Å². The van der Waals surface area contributed by atoms with Crippen LogP contribution >= 0.6 is 22.6 Å². The molecule has 0 spiro atoms. The fourth-order valence-electron chi connectivity index (χ4n) is 4.22. The summed E-state index contributed by atoms with van der Waals surface area (Å²) in [6, 6.07) is 3.40. The van der Waals surface area contributed by atoms with Crippen LogP contribution in [0.2, 0.25) is 0 Å². The van der Waals surface area contributed by atoms with Gasteiger partial charge in [0.1, 0.15) is 0 Å². The summed E-state index contributed by atoms with van der Waals surface area (Å²) in [4.78, 5) is 36.3. The first-order valence-corrected chi connectivity index (χ1v) is 9.87. The maximum atomic E-state index is 12.7. The van der Waals surface area contributed by atoms with Crippen molar-refractivity contribution in [3.63, 3.8) is 0 Å². The average molecular weight is 495 g/mol. The number of halogens is 1. The van der Waals surface area contributed by atoms with Gasteiger partial charge in [0.2, 0.25) is 0 Å². The summed E-state index contributed by atoms with van der Waals surface area (Å²) in [5.74, 6) is -0.528. The Morgan fingerprint density at radius 2 is 1.93 bits per heavy atom. The summed E-state index contributed by atoms with van der Waals surface area (Å²) in [6.45, 7) is -0.268. The Morgan fingerprint density at radius 1 is 1.29 bits per heavy atom. The normalized spacial score (nSPS) is 27.7. The smallest absolute Gasteiger partial charge is 0.255 e. The average Bonchev–Trinajstić information content (AvgIpc) is 3.33. The molecule has 1 aromatic carbocycles. The molecule has 1 heterocycles. The molecule has 4 rings (SSSR count). The first-order valence-electron chi connectivity index (χ1n) is 8.79. The molecule has 1 saturated heterocycles. The van der Waals surface area contributed by atoms with Gasteiger partial charge in [-0.3, -0.25) is 14.4 Å². The second-order valence-corrected chi connectivity index (χ2v) is 8.18. The lowest BCUT2D eigenvalue weighted by atomic mass is 9.85. The van der Waals surface area contributed by atoms with E-state index in [1.807, 2.05) is 34.7 Å². The van der Waals surface area contributed by atoms with E-state index >= 15 is 0 Å². The Balaban J connectivity index is 1.55. The zero-order valence-corrected chi connectivity index (χ0v) is 17.2. The van der Waals surface area contributed by atoms with Gasteiger partial charge in [-0.1, -0.05) is 12.2 Å². The molecular formula is C19H18IN3O5. The highest BCUT2D eigenvalue weighted by molar-refractivity contribution is 14.1. The molecule has 9 heteroatoms. The van der Waals surface area contributed by atoms with Gasteiger partial charge in [-0.05, 0) is 58.5 Å². The number of imide groups is 1. The third-order valence-electron chi connectivity index (χ3n) is 5.38. The molecule has 2 bridgehead atoms. The number of hydrogen-bond acceptors (Lipinski definition) is 6. The first-order chi connectivity index (χ1) is 13.4. The Hall–Kier alpha value is -2.43. The number of nitrogens with two attached hydrogens (primary N) is 1. The molecule has 2 fully saturated rings. The number of hydrazone groups is 1. The SMILES string of the molecule is COc1cc(C=NN2C(=O)C3C4C=CC(C4)C3C2=O)cc(I)c1OCC(N)=O. The van der Waals surface area contributed by atoms with Crippen molar-refractivity contribution >= 4 is 46.5 Å². The van der Waals surface area contributed by atoms with Crippen LogP contribution in [0.5, 0.6) is 11.5 Å². The number of carbonyl (C=O) groups excluding carboxylic acids is 3. The van der Waals surface area contributed by atoms with Gasteiger partial charge in [0, 0.05) is 0 Å². The minimum Gasteiger partial charge on any atom is -0.493 e. The number of carbonyl (C=O) groups is 3. The Bertz CT molecular complexity index is 898. The van der Waals surface area contributed by atoms with Gasteiger partial charge in [-0.25, -0.2) is 0 Å². The quantitative estimate of drug-likeness (QED) is 0.277. The van der Waals surface area contributed by atoms with E-state index in [1.54, 1.807) is 12.1 Å². The van der Waals surface area contributed by atoms with Crippen LogP contribution in [0, 0.1) is 27.2 Å². The predicted molar refractivity (Wildman–Crippen MR) is 108 cm³/mol. The molecule has 4 unspecified atom stereocenters. The van der Waals surface area contributed by atoms with Crippen molar-refractivity contribution in [2.24, 2.45) is 34.5 Å². The van der Waals surface area contributed by atoms with E-state index in [9.17, 15) is 14.4 Å². The number of nitrogens with zero attached hydrogens (tertiary/aromatic N) is 2. The lowest BCUT2D eigenvalue weighted by molar-refractivity contribution is -0.140. The van der Waals surface area contributed by atoms with Crippen LogP contribution in [0.15, 0.2) is 29.4 Å². The summed E-state index contributed by atoms with van der Waals surface area (Å²) < 4.78 is 11.4. The van der Waals surface area contributed by atoms with Gasteiger partial charge in [0.05, 0.1) is 28.7 Å². The molecule has 146 valence electrons. The molecule has 8 nitrogen and oxygen atoms in total. The lowest BCUT2D eigenvalue weighted by Crippen LogP contribution is -2.28. The molecule has 0 radical (unpaired) electrons. The topological polar surface area (TPSA) is 111 Å². The van der Waals surface area contributed by atoms with E-state index in [2.05, 4.69) is 5.10 Å². The van der Waals surface area contributed by atoms with E-state index in [-0.39, 0.29) is 42.1 Å². The van der Waals surface area contributed by atoms with Crippen LogP contribution in [-0.2, 0) is 14.4 Å². The van der Waals surface area contributed by atoms with Crippen LogP contribution in [0.3, 0.4) is 0 Å². The summed E-state index contributed by atoms with van der Waals surface area (Å²) in [7, 11) is 1.47. The highest BCUT2D eigenvalue weighted by atomic mass is 127. The highest BCUT2D eigenvalue weighted by Gasteiger charge is 2.59. The van der Waals surface area contributed by atoms with Crippen LogP contribution < -0.4 is 15.2 Å². The summed E-state index contributed by atoms with van der Waals surface area (Å²) in [5, 5.41) is 5.16. The molecule has 1 aliphatic heterocycles. The molecule has 28 heavy (non-hydrogen) atoms. The number of ether oxygens (including phenoxy) is 2. The lowest BCUT2D eigenvalue weighted by Gasteiger charge is -2.13. The second-order valence-electron chi connectivity index (χ2n) is 7.02. The zero-order valence-electron chi connectivity index (χ0n) is 15.0. The zero-order chi connectivity index (χ0) is 20.0. The Kier molecular flexibility index (Phi) is 4.86. The maximum absolute atomic E-state index is 12.7. The van der Waals surface area contributed by atoms with Crippen molar-refractivity contribution in [1.82, 2.24) is 5.01 Å². The minimum atomic E-state index is -0.594. The number of allylic oxidation sites excluding steroid dienone is 2. The van der Waals surface area contributed by atoms with Gasteiger partial charge in [0.15, 0.2) is 18.1 Å². The van der Waals surface area contributed by atoms with Gasteiger partial charge in [-0.15, -0.1) is 0 Å². The van der Waals surface area contributed by atoms with E-state index in [1.165, 1.54) is 13.3 Å². The number of fused-ring (bicyclic) bond motifs is 5. The van der Waals surface area contributed by atoms with Crippen molar-refractivity contribution in [3.05, 3.63) is 33.4 Å². The third kappa shape index (κ3) is 3.07. The maximum Gasteiger partial charge on any atom is 0.255 e. The molecule has 0 aromatic heterocycles. The van der Waals surface area contributed by atoms with Crippen LogP contribution in [0.1, 0.15) is 12.0 Å². The van der Waals surface area contributed by atoms with Crippen molar-refractivity contribution in [3.8, 4) is 11.5 Å². The van der Waals surface area contributed by atoms with Crippen LogP contribution in [-0.4, -0.2) is 42.7 Å². The van der Waals surface area contributed by atoms with Crippen molar-refractivity contribution in [2.45, 2.75) is 6.42 Å². The summed E-state index contributed by atoms with van der Waals surface area (Å²) >= 11 is 2.04. The summed E-state index contributed by atoms with van der Waals surface area (Å²) in [6.07, 6.45) is 6.42. The van der Waals surface area contributed by atoms with E-state index in [0.29, 0.717) is 20.6 Å². The largest absolute Gasteiger partial charge is 0.493 e. The van der Waals surface area contributed by atoms with E-state index < -0.39 is 5.91 Å². The Labute approximate surface area is 174 Å². The van der Waals surface area contributed by atoms with E-state index in [0.717, 1.165) is 11.4 Å². The van der Waals surface area contributed by atoms with E-state index in [4.69, 9.17) is 15.2 Å². The predicted octanol–water partition coefficient (Wildman–Crippen LogP) is 1.30. The Morgan fingerprint density at radius 3 is 2.50 bits per heavy atom. The fraction of sp³-hybridized carbons (Fsp3) is 0.368. The molecule has 3 aliphatic rings.